The molecule has 4 nitrogen and oxygen atoms in total. The summed E-state index contributed by atoms with van der Waals surface area (Å²) in [7, 11) is 3.15. The van der Waals surface area contributed by atoms with E-state index in [1.165, 1.54) is 33.0 Å². The maximum atomic E-state index is 13.8. The first-order valence-corrected chi connectivity index (χ1v) is 11.7. The molecule has 0 unspecified atom stereocenters. The molecule has 0 spiro atoms. The van der Waals surface area contributed by atoms with Gasteiger partial charge in [0, 0.05) is 19.6 Å². The van der Waals surface area contributed by atoms with E-state index in [2.05, 4.69) is 5.32 Å². The van der Waals surface area contributed by atoms with E-state index in [-0.39, 0.29) is 17.7 Å². The maximum Gasteiger partial charge on any atom is 0.416 e. The molecule has 3 rings (SSSR count). The van der Waals surface area contributed by atoms with Crippen LogP contribution in [0, 0.1) is 12.7 Å². The smallest absolute Gasteiger partial charge is 0.319 e. The molecule has 2 amide bonds. The van der Waals surface area contributed by atoms with E-state index in [0.29, 0.717) is 37.1 Å². The topological polar surface area (TPSA) is 35.6 Å². The van der Waals surface area contributed by atoms with Crippen molar-refractivity contribution in [2.45, 2.75) is 63.6 Å². The molecule has 1 aliphatic rings. The Morgan fingerprint density at radius 2 is 1.51 bits per heavy atom. The van der Waals surface area contributed by atoms with Gasteiger partial charge in [-0.2, -0.15) is 26.3 Å². The number of hydrogen-bond donors (Lipinski definition) is 1. The molecule has 2 aromatic rings. The number of rotatable bonds is 4. The Kier molecular flexibility index (Phi) is 7.89. The van der Waals surface area contributed by atoms with Gasteiger partial charge in [0.05, 0.1) is 22.7 Å². The van der Waals surface area contributed by atoms with E-state index < -0.39 is 46.9 Å². The number of nitrogens with one attached hydrogen (secondary N) is 1. The number of likely N-dealkylation sites (tertiary alicyclic amines) is 1. The third kappa shape index (κ3) is 6.02. The largest absolute Gasteiger partial charge is 0.416 e. The molecular weight excluding hydrogens is 503 g/mol. The first-order valence-electron chi connectivity index (χ1n) is 11.7. The SMILES string of the molecule is CN[C@H]1CCN(C(=O)N(C)C(C)(C)c2cc(C(F)(F)F)cc(C(F)(F)F)c2)[C@@H](c2ccc(F)cc2C)C1. The van der Waals surface area contributed by atoms with Crippen LogP contribution in [0.25, 0.3) is 0 Å². The average molecular weight is 534 g/mol. The van der Waals surface area contributed by atoms with Gasteiger partial charge in [0.25, 0.3) is 0 Å². The fourth-order valence-electron chi connectivity index (χ4n) is 4.70. The second kappa shape index (κ2) is 10.2. The van der Waals surface area contributed by atoms with Gasteiger partial charge in [-0.15, -0.1) is 0 Å². The normalized spacial score (nSPS) is 19.2. The lowest BCUT2D eigenvalue weighted by atomic mass is 9.88. The maximum absolute atomic E-state index is 13.8. The number of alkyl halides is 6. The highest BCUT2D eigenvalue weighted by molar-refractivity contribution is 5.76. The molecular formula is C26H30F7N3O. The van der Waals surface area contributed by atoms with Crippen LogP contribution in [0.5, 0.6) is 0 Å². The van der Waals surface area contributed by atoms with Crippen LogP contribution in [0.1, 0.15) is 60.5 Å². The zero-order valence-corrected chi connectivity index (χ0v) is 21.2. The summed E-state index contributed by atoms with van der Waals surface area (Å²) < 4.78 is 94.5. The molecule has 1 heterocycles. The van der Waals surface area contributed by atoms with Crippen LogP contribution >= 0.6 is 0 Å². The van der Waals surface area contributed by atoms with E-state index >= 15 is 0 Å². The van der Waals surface area contributed by atoms with E-state index in [0.717, 1.165) is 10.5 Å². The molecule has 1 saturated heterocycles. The minimum Gasteiger partial charge on any atom is -0.319 e. The monoisotopic (exact) mass is 533 g/mol. The predicted molar refractivity (Wildman–Crippen MR) is 125 cm³/mol. The number of nitrogens with zero attached hydrogens (tertiary/aromatic N) is 2. The lowest BCUT2D eigenvalue weighted by Crippen LogP contribution is -2.54. The van der Waals surface area contributed by atoms with Crippen LogP contribution in [0.3, 0.4) is 0 Å². The van der Waals surface area contributed by atoms with Gasteiger partial charge in [0.1, 0.15) is 5.82 Å². The fourth-order valence-corrected chi connectivity index (χ4v) is 4.70. The first-order chi connectivity index (χ1) is 17.0. The second-order valence-corrected chi connectivity index (χ2v) is 9.92. The van der Waals surface area contributed by atoms with Crippen molar-refractivity contribution in [1.82, 2.24) is 15.1 Å². The van der Waals surface area contributed by atoms with E-state index in [1.54, 1.807) is 24.9 Å². The van der Waals surface area contributed by atoms with Crippen molar-refractivity contribution < 1.29 is 35.5 Å². The van der Waals surface area contributed by atoms with Gasteiger partial charge in [-0.1, -0.05) is 6.07 Å². The summed E-state index contributed by atoms with van der Waals surface area (Å²) in [5.74, 6) is -0.427. The fraction of sp³-hybridized carbons (Fsp3) is 0.500. The summed E-state index contributed by atoms with van der Waals surface area (Å²) >= 11 is 0. The molecule has 2 aromatic carbocycles. The molecule has 0 radical (unpaired) electrons. The highest BCUT2D eigenvalue weighted by Crippen LogP contribution is 2.41. The number of aryl methyl sites for hydroxylation is 1. The molecule has 37 heavy (non-hydrogen) atoms. The summed E-state index contributed by atoms with van der Waals surface area (Å²) in [6.45, 7) is 4.82. The molecule has 1 aliphatic heterocycles. The summed E-state index contributed by atoms with van der Waals surface area (Å²) in [6, 6.07) is 4.65. The summed E-state index contributed by atoms with van der Waals surface area (Å²) in [6.07, 6.45) is -8.91. The van der Waals surface area contributed by atoms with Gasteiger partial charge in [-0.3, -0.25) is 0 Å². The number of piperidine rings is 1. The number of benzene rings is 2. The van der Waals surface area contributed by atoms with Gasteiger partial charge in [-0.25, -0.2) is 9.18 Å². The van der Waals surface area contributed by atoms with Gasteiger partial charge in [0.2, 0.25) is 0 Å². The molecule has 1 N–H and O–H groups in total. The summed E-state index contributed by atoms with van der Waals surface area (Å²) in [5.41, 5.74) is -3.36. The zero-order chi connectivity index (χ0) is 27.9. The van der Waals surface area contributed by atoms with Crippen molar-refractivity contribution in [2.24, 2.45) is 0 Å². The van der Waals surface area contributed by atoms with Crippen LogP contribution < -0.4 is 5.32 Å². The standard InChI is InChI=1S/C26H30F7N3O/c1-15-10-19(27)6-7-21(15)22-14-20(34-4)8-9-36(22)23(37)35(5)24(2,3)16-11-17(25(28,29)30)13-18(12-16)26(31,32)33/h6-7,10-13,20,22,34H,8-9,14H2,1-5H3/t20-,22+/m0/s1. The van der Waals surface area contributed by atoms with Gasteiger partial charge < -0.3 is 15.1 Å². The molecule has 11 heteroatoms. The summed E-state index contributed by atoms with van der Waals surface area (Å²) in [4.78, 5) is 16.5. The Labute approximate surface area is 211 Å². The average Bonchev–Trinajstić information content (AvgIpc) is 2.81. The number of amides is 2. The van der Waals surface area contributed by atoms with E-state index in [9.17, 15) is 35.5 Å². The highest BCUT2D eigenvalue weighted by Gasteiger charge is 2.42. The molecule has 0 bridgehead atoms. The molecule has 0 aliphatic carbocycles. The third-order valence-electron chi connectivity index (χ3n) is 7.27. The first kappa shape index (κ1) is 28.7. The predicted octanol–water partition coefficient (Wildman–Crippen LogP) is 6.88. The minimum absolute atomic E-state index is 0.0645. The Hall–Kier alpha value is -2.82. The van der Waals surface area contributed by atoms with Crippen molar-refractivity contribution in [1.29, 1.82) is 0 Å². The molecule has 2 atom stereocenters. The van der Waals surface area contributed by atoms with Gasteiger partial charge in [0.15, 0.2) is 0 Å². The number of urea groups is 1. The van der Waals surface area contributed by atoms with Crippen molar-refractivity contribution in [3.05, 3.63) is 70.0 Å². The minimum atomic E-state index is -5.01. The van der Waals surface area contributed by atoms with Crippen LogP contribution in [0.2, 0.25) is 0 Å². The highest BCUT2D eigenvalue weighted by atomic mass is 19.4. The summed E-state index contributed by atoms with van der Waals surface area (Å²) in [5, 5.41) is 3.18. The van der Waals surface area contributed by atoms with Gasteiger partial charge >= 0.3 is 18.4 Å². The quantitative estimate of drug-likeness (QED) is 0.435. The van der Waals surface area contributed by atoms with Crippen LogP contribution in [-0.4, -0.2) is 42.5 Å². The van der Waals surface area contributed by atoms with Crippen molar-refractivity contribution >= 4 is 6.03 Å². The van der Waals surface area contributed by atoms with Crippen molar-refractivity contribution in [3.63, 3.8) is 0 Å². The second-order valence-electron chi connectivity index (χ2n) is 9.92. The zero-order valence-electron chi connectivity index (χ0n) is 21.2. The van der Waals surface area contributed by atoms with Crippen molar-refractivity contribution in [2.75, 3.05) is 20.6 Å². The lowest BCUT2D eigenvalue weighted by Gasteiger charge is -2.45. The Bertz CT molecular complexity index is 1110. The lowest BCUT2D eigenvalue weighted by molar-refractivity contribution is -0.143. The molecule has 204 valence electrons. The van der Waals surface area contributed by atoms with Crippen molar-refractivity contribution in [3.8, 4) is 0 Å². The Morgan fingerprint density at radius 1 is 0.973 bits per heavy atom. The molecule has 1 fully saturated rings. The number of carbonyl (C=O) groups excluding carboxylic acids is 1. The van der Waals surface area contributed by atoms with E-state index in [4.69, 9.17) is 0 Å². The molecule has 0 saturated carbocycles. The molecule has 0 aromatic heterocycles. The van der Waals surface area contributed by atoms with Crippen LogP contribution in [0.4, 0.5) is 35.5 Å². The number of hydrogen-bond acceptors (Lipinski definition) is 2. The Morgan fingerprint density at radius 3 is 2.00 bits per heavy atom. The van der Waals surface area contributed by atoms with Crippen LogP contribution in [0.15, 0.2) is 36.4 Å². The van der Waals surface area contributed by atoms with Crippen LogP contribution in [-0.2, 0) is 17.9 Å². The van der Waals surface area contributed by atoms with Gasteiger partial charge in [-0.05, 0) is 87.7 Å². The van der Waals surface area contributed by atoms with E-state index in [1.807, 2.05) is 0 Å². The number of halogens is 7. The third-order valence-corrected chi connectivity index (χ3v) is 7.27. The number of carbonyl (C=O) groups is 1. The Balaban J connectivity index is 2.02.